The summed E-state index contributed by atoms with van der Waals surface area (Å²) in [6.07, 6.45) is 3.69. The summed E-state index contributed by atoms with van der Waals surface area (Å²) < 4.78 is 0. The standard InChI is InChI=1S/C9H8N2O2/c1-5-7(13)3-11-9-8(5)6(4-12)2-10-9/h2-4,13H,1H3,(H,10,11). The molecule has 0 aromatic carbocycles. The third kappa shape index (κ3) is 0.989. The fraction of sp³-hybridized carbons (Fsp3) is 0.111. The predicted molar refractivity (Wildman–Crippen MR) is 47.9 cm³/mol. The number of aromatic nitrogens is 2. The first-order valence-corrected chi connectivity index (χ1v) is 3.85. The van der Waals surface area contributed by atoms with E-state index >= 15 is 0 Å². The van der Waals surface area contributed by atoms with Crippen LogP contribution in [0.5, 0.6) is 5.75 Å². The Morgan fingerprint density at radius 1 is 1.62 bits per heavy atom. The van der Waals surface area contributed by atoms with E-state index in [0.717, 1.165) is 6.29 Å². The first-order chi connectivity index (χ1) is 6.24. The van der Waals surface area contributed by atoms with Gasteiger partial charge in [0.05, 0.1) is 6.20 Å². The summed E-state index contributed by atoms with van der Waals surface area (Å²) in [6.45, 7) is 1.75. The van der Waals surface area contributed by atoms with Gasteiger partial charge in [0.1, 0.15) is 11.4 Å². The predicted octanol–water partition coefficient (Wildman–Crippen LogP) is 1.39. The van der Waals surface area contributed by atoms with Crippen molar-refractivity contribution in [1.29, 1.82) is 0 Å². The Morgan fingerprint density at radius 2 is 2.38 bits per heavy atom. The van der Waals surface area contributed by atoms with Crippen LogP contribution in [0.2, 0.25) is 0 Å². The lowest BCUT2D eigenvalue weighted by molar-refractivity contribution is 0.112. The molecule has 0 atom stereocenters. The molecule has 2 aromatic rings. The van der Waals surface area contributed by atoms with Crippen molar-refractivity contribution in [3.8, 4) is 5.75 Å². The minimum atomic E-state index is 0.107. The van der Waals surface area contributed by atoms with Gasteiger partial charge in [-0.25, -0.2) is 4.98 Å². The maximum atomic E-state index is 10.6. The molecule has 0 saturated carbocycles. The molecule has 13 heavy (non-hydrogen) atoms. The molecular formula is C9H8N2O2. The van der Waals surface area contributed by atoms with Gasteiger partial charge >= 0.3 is 0 Å². The molecule has 0 radical (unpaired) electrons. The molecular weight excluding hydrogens is 168 g/mol. The van der Waals surface area contributed by atoms with Gasteiger partial charge in [0.2, 0.25) is 0 Å². The maximum Gasteiger partial charge on any atom is 0.152 e. The molecule has 0 aliphatic rings. The number of fused-ring (bicyclic) bond motifs is 1. The minimum Gasteiger partial charge on any atom is -0.506 e. The molecule has 2 heterocycles. The minimum absolute atomic E-state index is 0.107. The van der Waals surface area contributed by atoms with Crippen molar-refractivity contribution in [3.05, 3.63) is 23.5 Å². The van der Waals surface area contributed by atoms with E-state index < -0.39 is 0 Å². The van der Waals surface area contributed by atoms with Gasteiger partial charge in [-0.05, 0) is 6.92 Å². The first kappa shape index (κ1) is 7.79. The van der Waals surface area contributed by atoms with Crippen molar-refractivity contribution in [2.24, 2.45) is 0 Å². The van der Waals surface area contributed by atoms with Crippen LogP contribution in [0.25, 0.3) is 11.0 Å². The van der Waals surface area contributed by atoms with E-state index in [4.69, 9.17) is 0 Å². The Morgan fingerprint density at radius 3 is 3.08 bits per heavy atom. The topological polar surface area (TPSA) is 66.0 Å². The summed E-state index contributed by atoms with van der Waals surface area (Å²) in [7, 11) is 0. The third-order valence-electron chi connectivity index (χ3n) is 2.09. The molecule has 66 valence electrons. The second-order valence-corrected chi connectivity index (χ2v) is 2.85. The molecule has 0 fully saturated rings. The van der Waals surface area contributed by atoms with E-state index in [1.807, 2.05) is 0 Å². The molecule has 2 aromatic heterocycles. The van der Waals surface area contributed by atoms with Crippen molar-refractivity contribution in [2.75, 3.05) is 0 Å². The number of nitrogens with one attached hydrogen (secondary N) is 1. The number of aromatic amines is 1. The van der Waals surface area contributed by atoms with Crippen molar-refractivity contribution in [1.82, 2.24) is 9.97 Å². The number of nitrogens with zero attached hydrogens (tertiary/aromatic N) is 1. The van der Waals surface area contributed by atoms with E-state index in [9.17, 15) is 9.90 Å². The largest absolute Gasteiger partial charge is 0.506 e. The fourth-order valence-electron chi connectivity index (χ4n) is 1.37. The maximum absolute atomic E-state index is 10.6. The highest BCUT2D eigenvalue weighted by molar-refractivity contribution is 5.98. The van der Waals surface area contributed by atoms with E-state index in [1.165, 1.54) is 6.20 Å². The van der Waals surface area contributed by atoms with E-state index in [1.54, 1.807) is 13.1 Å². The number of aryl methyl sites for hydroxylation is 1. The lowest BCUT2D eigenvalue weighted by Crippen LogP contribution is -1.83. The smallest absolute Gasteiger partial charge is 0.152 e. The zero-order valence-electron chi connectivity index (χ0n) is 7.03. The van der Waals surface area contributed by atoms with Crippen LogP contribution in [-0.4, -0.2) is 21.4 Å². The van der Waals surface area contributed by atoms with Crippen LogP contribution >= 0.6 is 0 Å². The quantitative estimate of drug-likeness (QED) is 0.645. The molecule has 0 saturated heterocycles. The number of hydrogen-bond acceptors (Lipinski definition) is 3. The SMILES string of the molecule is Cc1c(O)cnc2[nH]cc(C=O)c12. The fourth-order valence-corrected chi connectivity index (χ4v) is 1.37. The number of pyridine rings is 1. The Balaban J connectivity index is 2.93. The van der Waals surface area contributed by atoms with Crippen LogP contribution in [-0.2, 0) is 0 Å². The number of carbonyl (C=O) groups is 1. The Labute approximate surface area is 74.2 Å². The summed E-state index contributed by atoms with van der Waals surface area (Å²) in [5.74, 6) is 0.107. The lowest BCUT2D eigenvalue weighted by Gasteiger charge is -1.98. The summed E-state index contributed by atoms with van der Waals surface area (Å²) in [4.78, 5) is 17.4. The van der Waals surface area contributed by atoms with Gasteiger partial charge < -0.3 is 10.1 Å². The Kier molecular flexibility index (Phi) is 1.55. The van der Waals surface area contributed by atoms with Crippen molar-refractivity contribution in [3.63, 3.8) is 0 Å². The highest BCUT2D eigenvalue weighted by atomic mass is 16.3. The van der Waals surface area contributed by atoms with Gasteiger partial charge in [0.15, 0.2) is 6.29 Å². The highest BCUT2D eigenvalue weighted by Crippen LogP contribution is 2.25. The third-order valence-corrected chi connectivity index (χ3v) is 2.09. The van der Waals surface area contributed by atoms with Crippen LogP contribution < -0.4 is 0 Å². The van der Waals surface area contributed by atoms with Crippen molar-refractivity contribution >= 4 is 17.3 Å². The molecule has 2 N–H and O–H groups in total. The zero-order chi connectivity index (χ0) is 9.42. The molecule has 4 nitrogen and oxygen atoms in total. The number of aromatic hydroxyl groups is 1. The van der Waals surface area contributed by atoms with Gasteiger partial charge in [-0.1, -0.05) is 0 Å². The zero-order valence-corrected chi connectivity index (χ0v) is 7.03. The molecule has 0 amide bonds. The Bertz CT molecular complexity index is 474. The number of H-pyrrole nitrogens is 1. The summed E-state index contributed by atoms with van der Waals surface area (Å²) in [5.41, 5.74) is 1.82. The average Bonchev–Trinajstić information content (AvgIpc) is 2.55. The Hall–Kier alpha value is -1.84. The lowest BCUT2D eigenvalue weighted by atomic mass is 10.1. The van der Waals surface area contributed by atoms with Gasteiger partial charge in [-0.2, -0.15) is 0 Å². The second-order valence-electron chi connectivity index (χ2n) is 2.85. The van der Waals surface area contributed by atoms with Crippen molar-refractivity contribution in [2.45, 2.75) is 6.92 Å². The molecule has 0 unspecified atom stereocenters. The molecule has 0 aliphatic heterocycles. The highest BCUT2D eigenvalue weighted by Gasteiger charge is 2.09. The van der Waals surface area contributed by atoms with Crippen LogP contribution in [0, 0.1) is 6.92 Å². The summed E-state index contributed by atoms with van der Waals surface area (Å²) in [5, 5.41) is 10.1. The number of carbonyl (C=O) groups excluding carboxylic acids is 1. The van der Waals surface area contributed by atoms with E-state index in [-0.39, 0.29) is 5.75 Å². The normalized spacial score (nSPS) is 10.5. The average molecular weight is 176 g/mol. The van der Waals surface area contributed by atoms with Gasteiger partial charge in [-0.3, -0.25) is 4.79 Å². The van der Waals surface area contributed by atoms with Gasteiger partial charge in [0.25, 0.3) is 0 Å². The second kappa shape index (κ2) is 2.58. The van der Waals surface area contributed by atoms with Crippen LogP contribution in [0.4, 0.5) is 0 Å². The molecule has 0 bridgehead atoms. The first-order valence-electron chi connectivity index (χ1n) is 3.85. The molecule has 2 rings (SSSR count). The van der Waals surface area contributed by atoms with Gasteiger partial charge in [-0.15, -0.1) is 0 Å². The van der Waals surface area contributed by atoms with Crippen LogP contribution in [0.1, 0.15) is 15.9 Å². The van der Waals surface area contributed by atoms with Crippen LogP contribution in [0.15, 0.2) is 12.4 Å². The summed E-state index contributed by atoms with van der Waals surface area (Å²) >= 11 is 0. The monoisotopic (exact) mass is 176 g/mol. The molecule has 0 spiro atoms. The van der Waals surface area contributed by atoms with Crippen molar-refractivity contribution < 1.29 is 9.90 Å². The molecule has 4 heteroatoms. The van der Waals surface area contributed by atoms with E-state index in [0.29, 0.717) is 22.2 Å². The van der Waals surface area contributed by atoms with Crippen LogP contribution in [0.3, 0.4) is 0 Å². The number of hydrogen-bond donors (Lipinski definition) is 2. The van der Waals surface area contributed by atoms with Gasteiger partial charge in [0, 0.05) is 22.7 Å². The van der Waals surface area contributed by atoms with E-state index in [2.05, 4.69) is 9.97 Å². The number of rotatable bonds is 1. The molecule has 0 aliphatic carbocycles. The number of aldehydes is 1. The summed E-state index contributed by atoms with van der Waals surface area (Å²) in [6, 6.07) is 0.